The fraction of sp³-hybridized carbons (Fsp3) is 0.320. The first-order valence-electron chi connectivity index (χ1n) is 11.2. The van der Waals surface area contributed by atoms with E-state index in [9.17, 15) is 23.9 Å². The van der Waals surface area contributed by atoms with Crippen molar-refractivity contribution in [2.24, 2.45) is 29.6 Å². The summed E-state index contributed by atoms with van der Waals surface area (Å²) in [7, 11) is 0. The van der Waals surface area contributed by atoms with Crippen molar-refractivity contribution in [1.29, 1.82) is 0 Å². The summed E-state index contributed by atoms with van der Waals surface area (Å²) < 4.78 is 13.5. The molecule has 6 nitrogen and oxygen atoms in total. The lowest BCUT2D eigenvalue weighted by atomic mass is 9.68. The van der Waals surface area contributed by atoms with Gasteiger partial charge in [0.05, 0.1) is 22.5 Å². The average molecular weight is 495 g/mol. The third-order valence-electron chi connectivity index (χ3n) is 8.06. The topological polar surface area (TPSA) is 90.5 Å². The van der Waals surface area contributed by atoms with Gasteiger partial charge in [0.2, 0.25) is 11.8 Å². The SMILES string of the molecule is O=C1C2C3CC(C2C(=O)N1c1ccc(F)cc1)C1C(c2ccc(O)cc2)c2sc(=O)[nH]c2SC31. The number of amides is 2. The van der Waals surface area contributed by atoms with Crippen molar-refractivity contribution in [3.05, 3.63) is 74.5 Å². The van der Waals surface area contributed by atoms with Crippen molar-refractivity contribution >= 4 is 40.6 Å². The number of imide groups is 1. The number of benzene rings is 2. The Balaban J connectivity index is 1.32. The molecule has 1 aromatic heterocycles. The molecule has 7 rings (SSSR count). The first-order chi connectivity index (χ1) is 16.4. The maximum Gasteiger partial charge on any atom is 0.305 e. The molecule has 34 heavy (non-hydrogen) atoms. The van der Waals surface area contributed by atoms with Crippen LogP contribution < -0.4 is 9.77 Å². The predicted molar refractivity (Wildman–Crippen MR) is 125 cm³/mol. The van der Waals surface area contributed by atoms with Gasteiger partial charge in [-0.25, -0.2) is 4.39 Å². The monoisotopic (exact) mass is 494 g/mol. The van der Waals surface area contributed by atoms with E-state index in [1.165, 1.54) is 40.5 Å². The van der Waals surface area contributed by atoms with Crippen LogP contribution in [-0.2, 0) is 9.59 Å². The number of carbonyl (C=O) groups is 2. The van der Waals surface area contributed by atoms with Gasteiger partial charge in [-0.15, -0.1) is 11.8 Å². The first kappa shape index (κ1) is 20.5. The highest BCUT2D eigenvalue weighted by molar-refractivity contribution is 8.00. The molecule has 3 fully saturated rings. The third-order valence-corrected chi connectivity index (χ3v) is 10.6. The molecule has 2 saturated carbocycles. The van der Waals surface area contributed by atoms with Crippen LogP contribution in [0.5, 0.6) is 5.75 Å². The van der Waals surface area contributed by atoms with E-state index in [-0.39, 0.29) is 57.3 Å². The number of carbonyl (C=O) groups excluding carboxylic acids is 2. The van der Waals surface area contributed by atoms with Gasteiger partial charge in [0, 0.05) is 16.0 Å². The smallest absolute Gasteiger partial charge is 0.305 e. The number of halogens is 1. The number of thiazole rings is 1. The van der Waals surface area contributed by atoms with Gasteiger partial charge in [-0.05, 0) is 66.1 Å². The largest absolute Gasteiger partial charge is 0.508 e. The molecule has 1 saturated heterocycles. The van der Waals surface area contributed by atoms with E-state index in [4.69, 9.17) is 0 Å². The number of anilines is 1. The van der Waals surface area contributed by atoms with Crippen LogP contribution >= 0.6 is 23.1 Å². The van der Waals surface area contributed by atoms with E-state index < -0.39 is 11.7 Å². The number of nitrogens with one attached hydrogen (secondary N) is 1. The molecule has 2 amide bonds. The number of aromatic nitrogens is 1. The fourth-order valence-electron chi connectivity index (χ4n) is 6.92. The van der Waals surface area contributed by atoms with Crippen LogP contribution in [0.25, 0.3) is 0 Å². The normalized spacial score (nSPS) is 33.2. The molecule has 172 valence electrons. The molecule has 7 unspecified atom stereocenters. The summed E-state index contributed by atoms with van der Waals surface area (Å²) in [5.41, 5.74) is 1.42. The molecular formula is C25H19FN2O4S2. The Morgan fingerprint density at radius 3 is 2.32 bits per heavy atom. The third kappa shape index (κ3) is 2.65. The van der Waals surface area contributed by atoms with Crippen molar-refractivity contribution in [2.75, 3.05) is 4.90 Å². The highest BCUT2D eigenvalue weighted by Gasteiger charge is 2.69. The summed E-state index contributed by atoms with van der Waals surface area (Å²) in [6, 6.07) is 12.6. The van der Waals surface area contributed by atoms with Crippen LogP contribution in [0.15, 0.2) is 58.4 Å². The Hall–Kier alpha value is -2.91. The van der Waals surface area contributed by atoms with E-state index >= 15 is 0 Å². The van der Waals surface area contributed by atoms with Crippen LogP contribution in [0.3, 0.4) is 0 Å². The van der Waals surface area contributed by atoms with Gasteiger partial charge in [0.1, 0.15) is 11.6 Å². The summed E-state index contributed by atoms with van der Waals surface area (Å²) >= 11 is 2.84. The van der Waals surface area contributed by atoms with Crippen LogP contribution in [0.1, 0.15) is 22.8 Å². The number of phenolic OH excluding ortho intramolecular Hbond substituents is 1. The second-order valence-corrected chi connectivity index (χ2v) is 11.7. The predicted octanol–water partition coefficient (Wildman–Crippen LogP) is 3.96. The van der Waals surface area contributed by atoms with Crippen molar-refractivity contribution in [1.82, 2.24) is 4.98 Å². The van der Waals surface area contributed by atoms with Gasteiger partial charge in [-0.2, -0.15) is 0 Å². The van der Waals surface area contributed by atoms with Gasteiger partial charge in [-0.3, -0.25) is 19.3 Å². The zero-order valence-electron chi connectivity index (χ0n) is 17.7. The lowest BCUT2D eigenvalue weighted by Crippen LogP contribution is -2.42. The van der Waals surface area contributed by atoms with E-state index in [0.29, 0.717) is 5.69 Å². The van der Waals surface area contributed by atoms with E-state index in [0.717, 1.165) is 21.9 Å². The second-order valence-electron chi connectivity index (χ2n) is 9.54. The number of thioether (sulfide) groups is 1. The Kier molecular flexibility index (Phi) is 4.24. The minimum absolute atomic E-state index is 0.0125. The zero-order chi connectivity index (χ0) is 23.3. The quantitative estimate of drug-likeness (QED) is 0.527. The lowest BCUT2D eigenvalue weighted by Gasteiger charge is -2.43. The van der Waals surface area contributed by atoms with Gasteiger partial charge in [0.25, 0.3) is 0 Å². The van der Waals surface area contributed by atoms with Crippen LogP contribution in [0.2, 0.25) is 0 Å². The Bertz CT molecular complexity index is 1400. The van der Waals surface area contributed by atoms with Gasteiger partial charge < -0.3 is 10.1 Å². The van der Waals surface area contributed by atoms with Crippen LogP contribution in [0.4, 0.5) is 10.1 Å². The molecule has 9 heteroatoms. The molecule has 0 radical (unpaired) electrons. The summed E-state index contributed by atoms with van der Waals surface area (Å²) in [6.07, 6.45) is 0.806. The Labute approximate surface area is 201 Å². The van der Waals surface area contributed by atoms with Crippen LogP contribution in [-0.4, -0.2) is 27.2 Å². The van der Waals surface area contributed by atoms with Crippen molar-refractivity contribution in [3.63, 3.8) is 0 Å². The van der Waals surface area contributed by atoms with Gasteiger partial charge in [0.15, 0.2) is 0 Å². The standard InChI is InChI=1S/C25H19FN2O4S2/c26-11-3-5-12(6-4-11)28-23(30)18-14-9-15(19(18)24(28)31)20-17(14)16(10-1-7-13(29)8-2-10)21-22(33-20)27-25(32)34-21/h1-8,14-20,29H,9H2,(H,27,32). The number of nitrogens with zero attached hydrogens (tertiary/aromatic N) is 1. The molecule has 4 aliphatic rings. The molecular weight excluding hydrogens is 475 g/mol. The second kappa shape index (κ2) is 7.05. The Morgan fingerprint density at radius 1 is 0.941 bits per heavy atom. The molecule has 2 N–H and O–H groups in total. The lowest BCUT2D eigenvalue weighted by molar-refractivity contribution is -0.123. The fourth-order valence-corrected chi connectivity index (χ4v) is 9.81. The number of aromatic hydroxyl groups is 1. The molecule has 0 spiro atoms. The highest BCUT2D eigenvalue weighted by atomic mass is 32.2. The van der Waals surface area contributed by atoms with Crippen LogP contribution in [0, 0.1) is 35.4 Å². The molecule has 2 aromatic carbocycles. The van der Waals surface area contributed by atoms with Crippen molar-refractivity contribution in [3.8, 4) is 5.75 Å². The zero-order valence-corrected chi connectivity index (χ0v) is 19.3. The number of phenols is 1. The minimum Gasteiger partial charge on any atom is -0.508 e. The molecule has 3 heterocycles. The summed E-state index contributed by atoms with van der Waals surface area (Å²) in [4.78, 5) is 44.5. The number of rotatable bonds is 2. The summed E-state index contributed by atoms with van der Waals surface area (Å²) in [5, 5.41) is 10.8. The molecule has 7 atom stereocenters. The number of hydrogen-bond acceptors (Lipinski definition) is 6. The number of fused-ring (bicyclic) bond motifs is 9. The van der Waals surface area contributed by atoms with E-state index in [1.54, 1.807) is 23.9 Å². The molecule has 2 aliphatic carbocycles. The summed E-state index contributed by atoms with van der Waals surface area (Å²) in [6.45, 7) is 0. The maximum atomic E-state index is 13.6. The molecule has 3 aromatic rings. The first-order valence-corrected chi connectivity index (χ1v) is 12.9. The number of aromatic amines is 1. The average Bonchev–Trinajstić information content (AvgIpc) is 3.54. The molecule has 2 aliphatic heterocycles. The van der Waals surface area contributed by atoms with E-state index in [1.807, 2.05) is 12.1 Å². The molecule has 2 bridgehead atoms. The van der Waals surface area contributed by atoms with Crippen molar-refractivity contribution < 1.29 is 19.1 Å². The van der Waals surface area contributed by atoms with Gasteiger partial charge in [-0.1, -0.05) is 23.5 Å². The van der Waals surface area contributed by atoms with E-state index in [2.05, 4.69) is 4.98 Å². The number of H-pyrrole nitrogens is 1. The number of hydrogen-bond donors (Lipinski definition) is 2. The minimum atomic E-state index is -0.414. The highest BCUT2D eigenvalue weighted by Crippen LogP contribution is 2.68. The Morgan fingerprint density at radius 2 is 1.62 bits per heavy atom. The van der Waals surface area contributed by atoms with Gasteiger partial charge >= 0.3 is 4.87 Å². The van der Waals surface area contributed by atoms with Crippen molar-refractivity contribution in [2.45, 2.75) is 22.6 Å². The maximum absolute atomic E-state index is 13.6. The summed E-state index contributed by atoms with van der Waals surface area (Å²) in [5.74, 6) is -1.36.